The number of nitrogens with one attached hydrogen (secondary N) is 4. The number of nitrogens with zero attached hydrogens (tertiary/aromatic N) is 2. The number of hydrogen-bond donors (Lipinski definition) is 6. The highest BCUT2D eigenvalue weighted by Crippen LogP contribution is 2.30. The zero-order chi connectivity index (χ0) is 44.3. The molecular weight excluding hydrogens is 797 g/mol. The summed E-state index contributed by atoms with van der Waals surface area (Å²) in [5.41, 5.74) is 6.40. The number of para-hydroxylation sites is 1. The molecule has 1 unspecified atom stereocenters. The fourth-order valence-electron chi connectivity index (χ4n) is 7.94. The molecular formula is C50H54N6O7. The van der Waals surface area contributed by atoms with Crippen molar-refractivity contribution in [3.05, 3.63) is 154 Å². The molecule has 1 aromatic heterocycles. The van der Waals surface area contributed by atoms with Crippen LogP contribution >= 0.6 is 0 Å². The fourth-order valence-corrected chi connectivity index (χ4v) is 7.94. The molecule has 1 aliphatic rings. The number of fused-ring (bicyclic) bond motifs is 1. The molecule has 13 heteroatoms. The molecule has 0 saturated carbocycles. The van der Waals surface area contributed by atoms with Crippen LogP contribution in [0.15, 0.2) is 132 Å². The van der Waals surface area contributed by atoms with Crippen molar-refractivity contribution in [2.24, 2.45) is 0 Å². The molecule has 0 spiro atoms. The van der Waals surface area contributed by atoms with Crippen LogP contribution in [0.25, 0.3) is 22.0 Å². The third kappa shape index (κ3) is 12.0. The minimum atomic E-state index is -0.857. The summed E-state index contributed by atoms with van der Waals surface area (Å²) in [6.07, 6.45) is 1.02. The van der Waals surface area contributed by atoms with Crippen LogP contribution in [0.1, 0.15) is 49.0 Å². The number of pyridine rings is 1. The standard InChI is InChI=1S/C50H54N6O7/c1-33(51-32-45(58)41-19-21-44(57)49-42(41)20-22-46(59)54-49)29-34-15-17-35(18-16-34)30-47(60)52-37-11-8-12-38(31-37)55(2)48(61)25-28-56-26-23-39(24-27-56)63-50(62)53-43-14-7-6-13-40(43)36-9-4-3-5-10-36/h3-22,31,33,39,45,51,57-58H,23-30,32H2,1-2H3,(H,52,60)(H,53,62)(H,54,59)/t33?,45-/m0/s1. The van der Waals surface area contributed by atoms with E-state index in [-0.39, 0.29) is 48.2 Å². The maximum Gasteiger partial charge on any atom is 0.411 e. The first-order valence-corrected chi connectivity index (χ1v) is 21.3. The molecule has 13 nitrogen and oxygen atoms in total. The van der Waals surface area contributed by atoms with Gasteiger partial charge in [-0.25, -0.2) is 4.79 Å². The molecule has 326 valence electrons. The first kappa shape index (κ1) is 44.3. The van der Waals surface area contributed by atoms with Gasteiger partial charge in [-0.1, -0.05) is 84.9 Å². The number of H-pyrrole nitrogens is 1. The Labute approximate surface area is 366 Å². The number of anilines is 3. The van der Waals surface area contributed by atoms with Crippen LogP contribution < -0.4 is 26.4 Å². The van der Waals surface area contributed by atoms with Gasteiger partial charge in [-0.3, -0.25) is 19.7 Å². The Morgan fingerprint density at radius 3 is 2.37 bits per heavy atom. The SMILES string of the molecule is CC(Cc1ccc(CC(=O)Nc2cccc(N(C)C(=O)CCN3CCC(OC(=O)Nc4ccccc4-c4ccccc4)CC3)c2)cc1)NC[C@H](O)c1ccc(O)c2[nH]c(=O)ccc12. The highest BCUT2D eigenvalue weighted by atomic mass is 16.6. The van der Waals surface area contributed by atoms with Gasteiger partial charge in [0.15, 0.2) is 0 Å². The van der Waals surface area contributed by atoms with Gasteiger partial charge in [0.25, 0.3) is 0 Å². The fraction of sp³-hybridized carbons (Fsp3) is 0.280. The van der Waals surface area contributed by atoms with Gasteiger partial charge in [0, 0.05) is 74.1 Å². The maximum atomic E-state index is 13.3. The molecule has 0 aliphatic carbocycles. The molecule has 1 fully saturated rings. The largest absolute Gasteiger partial charge is 0.506 e. The molecule has 6 N–H and O–H groups in total. The van der Waals surface area contributed by atoms with Gasteiger partial charge in [-0.05, 0) is 84.8 Å². The molecule has 3 amide bonds. The molecule has 6 aromatic rings. The maximum absolute atomic E-state index is 13.3. The lowest BCUT2D eigenvalue weighted by atomic mass is 10.0. The Morgan fingerprint density at radius 1 is 0.857 bits per heavy atom. The molecule has 2 heterocycles. The molecule has 0 bridgehead atoms. The Bertz CT molecular complexity index is 2570. The number of ether oxygens (including phenoxy) is 1. The second kappa shape index (κ2) is 20.8. The van der Waals surface area contributed by atoms with Crippen LogP contribution in [0.2, 0.25) is 0 Å². The van der Waals surface area contributed by atoms with E-state index in [9.17, 15) is 29.4 Å². The summed E-state index contributed by atoms with van der Waals surface area (Å²) in [5, 5.41) is 30.9. The molecule has 63 heavy (non-hydrogen) atoms. The number of aliphatic hydroxyl groups is 1. The summed E-state index contributed by atoms with van der Waals surface area (Å²) >= 11 is 0. The summed E-state index contributed by atoms with van der Waals surface area (Å²) < 4.78 is 5.78. The number of phenolic OH excluding ortho intramolecular Hbond substituents is 1. The molecule has 1 aliphatic heterocycles. The first-order valence-electron chi connectivity index (χ1n) is 21.3. The monoisotopic (exact) mass is 850 g/mol. The minimum absolute atomic E-state index is 0.0313. The number of carbonyl (C=O) groups excluding carboxylic acids is 3. The zero-order valence-electron chi connectivity index (χ0n) is 35.6. The van der Waals surface area contributed by atoms with Gasteiger partial charge < -0.3 is 40.4 Å². The Kier molecular flexibility index (Phi) is 14.6. The third-order valence-corrected chi connectivity index (χ3v) is 11.4. The normalized spacial score (nSPS) is 14.1. The van der Waals surface area contributed by atoms with Crippen molar-refractivity contribution >= 4 is 45.9 Å². The van der Waals surface area contributed by atoms with Gasteiger partial charge in [-0.2, -0.15) is 0 Å². The Morgan fingerprint density at radius 2 is 1.59 bits per heavy atom. The molecule has 7 rings (SSSR count). The van der Waals surface area contributed by atoms with Crippen molar-refractivity contribution in [1.82, 2.24) is 15.2 Å². The predicted octanol–water partition coefficient (Wildman–Crippen LogP) is 7.40. The van der Waals surface area contributed by atoms with E-state index in [4.69, 9.17) is 4.74 Å². The quantitative estimate of drug-likeness (QED) is 0.0580. The lowest BCUT2D eigenvalue weighted by Crippen LogP contribution is -2.40. The number of aromatic nitrogens is 1. The second-order valence-corrected chi connectivity index (χ2v) is 16.1. The topological polar surface area (TPSA) is 176 Å². The molecule has 1 saturated heterocycles. The van der Waals surface area contributed by atoms with Crippen LogP contribution in [-0.2, 0) is 27.2 Å². The summed E-state index contributed by atoms with van der Waals surface area (Å²) in [6, 6.07) is 38.8. The van der Waals surface area contributed by atoms with E-state index in [0.717, 1.165) is 22.3 Å². The number of amides is 3. The number of aromatic hydroxyl groups is 1. The highest BCUT2D eigenvalue weighted by Gasteiger charge is 2.24. The number of carbonyl (C=O) groups is 3. The van der Waals surface area contributed by atoms with Gasteiger partial charge >= 0.3 is 6.09 Å². The minimum Gasteiger partial charge on any atom is -0.506 e. The number of likely N-dealkylation sites (tertiary alicyclic amines) is 1. The second-order valence-electron chi connectivity index (χ2n) is 16.1. The van der Waals surface area contributed by atoms with Crippen molar-refractivity contribution in [2.75, 3.05) is 48.8 Å². The Balaban J connectivity index is 0.809. The molecule has 0 radical (unpaired) electrons. The number of hydrogen-bond acceptors (Lipinski definition) is 9. The molecule has 2 atom stereocenters. The van der Waals surface area contributed by atoms with Crippen LogP contribution in [-0.4, -0.2) is 83.4 Å². The van der Waals surface area contributed by atoms with E-state index in [1.807, 2.05) is 97.9 Å². The van der Waals surface area contributed by atoms with E-state index in [2.05, 4.69) is 25.8 Å². The van der Waals surface area contributed by atoms with E-state index in [1.165, 1.54) is 12.1 Å². The smallest absolute Gasteiger partial charge is 0.411 e. The summed E-state index contributed by atoms with van der Waals surface area (Å²) in [7, 11) is 1.74. The first-order chi connectivity index (χ1) is 30.5. The van der Waals surface area contributed by atoms with E-state index < -0.39 is 12.2 Å². The Hall–Kier alpha value is -6.80. The number of aromatic amines is 1. The van der Waals surface area contributed by atoms with Crippen molar-refractivity contribution in [1.29, 1.82) is 0 Å². The number of rotatable bonds is 16. The van der Waals surface area contributed by atoms with Crippen molar-refractivity contribution in [3.63, 3.8) is 0 Å². The average molecular weight is 851 g/mol. The van der Waals surface area contributed by atoms with Crippen molar-refractivity contribution < 1.29 is 29.3 Å². The number of benzene rings is 5. The van der Waals surface area contributed by atoms with Crippen LogP contribution in [0.5, 0.6) is 5.75 Å². The highest BCUT2D eigenvalue weighted by molar-refractivity contribution is 5.96. The van der Waals surface area contributed by atoms with Crippen LogP contribution in [0.4, 0.5) is 21.9 Å². The lowest BCUT2D eigenvalue weighted by molar-refractivity contribution is -0.118. The van der Waals surface area contributed by atoms with E-state index in [0.29, 0.717) is 78.8 Å². The van der Waals surface area contributed by atoms with Gasteiger partial charge in [0.1, 0.15) is 11.9 Å². The lowest BCUT2D eigenvalue weighted by Gasteiger charge is -2.31. The summed E-state index contributed by atoms with van der Waals surface area (Å²) in [4.78, 5) is 57.4. The predicted molar refractivity (Wildman–Crippen MR) is 247 cm³/mol. The number of piperidine rings is 1. The van der Waals surface area contributed by atoms with Crippen molar-refractivity contribution in [3.8, 4) is 16.9 Å². The van der Waals surface area contributed by atoms with E-state index >= 15 is 0 Å². The zero-order valence-corrected chi connectivity index (χ0v) is 35.6. The third-order valence-electron chi connectivity index (χ3n) is 11.4. The van der Waals surface area contributed by atoms with Crippen LogP contribution in [0, 0.1) is 0 Å². The number of aliphatic hydroxyl groups excluding tert-OH is 1. The van der Waals surface area contributed by atoms with Crippen molar-refractivity contribution in [2.45, 2.75) is 57.3 Å². The average Bonchev–Trinajstić information content (AvgIpc) is 3.29. The van der Waals surface area contributed by atoms with Crippen LogP contribution in [0.3, 0.4) is 0 Å². The number of phenols is 1. The van der Waals surface area contributed by atoms with Gasteiger partial charge in [-0.15, -0.1) is 0 Å². The van der Waals surface area contributed by atoms with E-state index in [1.54, 1.807) is 36.2 Å². The summed E-state index contributed by atoms with van der Waals surface area (Å²) in [5.74, 6) is -0.272. The van der Waals surface area contributed by atoms with Gasteiger partial charge in [0.2, 0.25) is 17.4 Å². The van der Waals surface area contributed by atoms with Gasteiger partial charge in [0.05, 0.1) is 23.7 Å². The summed E-state index contributed by atoms with van der Waals surface area (Å²) in [6.45, 7) is 4.32. The molecule has 5 aromatic carbocycles.